The fourth-order valence-corrected chi connectivity index (χ4v) is 2.75. The van der Waals surface area contributed by atoms with Crippen LogP contribution in [-0.2, 0) is 9.53 Å². The highest BCUT2D eigenvalue weighted by molar-refractivity contribution is 5.85. The van der Waals surface area contributed by atoms with Crippen LogP contribution in [0, 0.1) is 19.7 Å². The summed E-state index contributed by atoms with van der Waals surface area (Å²) < 4.78 is 19.4. The van der Waals surface area contributed by atoms with Crippen LogP contribution < -0.4 is 5.73 Å². The Morgan fingerprint density at radius 3 is 2.56 bits per heavy atom. The van der Waals surface area contributed by atoms with Crippen LogP contribution in [0.3, 0.4) is 0 Å². The van der Waals surface area contributed by atoms with Crippen LogP contribution >= 0.6 is 12.4 Å². The topological polar surface area (TPSA) is 72.5 Å². The van der Waals surface area contributed by atoms with Gasteiger partial charge in [-0.3, -0.25) is 4.79 Å². The molecule has 1 atom stereocenters. The Morgan fingerprint density at radius 1 is 1.28 bits per heavy atom. The van der Waals surface area contributed by atoms with Crippen LogP contribution in [0.2, 0.25) is 0 Å². The van der Waals surface area contributed by atoms with Gasteiger partial charge in [-0.1, -0.05) is 12.1 Å². The number of rotatable bonds is 5. The van der Waals surface area contributed by atoms with E-state index in [0.717, 1.165) is 5.56 Å². The number of aryl methyl sites for hydroxylation is 2. The predicted octanol–water partition coefficient (Wildman–Crippen LogP) is 4.19. The van der Waals surface area contributed by atoms with Gasteiger partial charge in [-0.2, -0.15) is 0 Å². The van der Waals surface area contributed by atoms with Gasteiger partial charge in [-0.15, -0.1) is 12.4 Å². The third-order valence-corrected chi connectivity index (χ3v) is 3.91. The molecule has 0 amide bonds. The van der Waals surface area contributed by atoms with Crippen molar-refractivity contribution in [1.82, 2.24) is 0 Å². The van der Waals surface area contributed by atoms with E-state index in [1.54, 1.807) is 38.1 Å². The molecule has 0 heterocycles. The Labute approximate surface area is 153 Å². The first-order chi connectivity index (χ1) is 11.3. The number of ether oxygens (including phenoxy) is 1. The molecule has 0 aromatic heterocycles. The van der Waals surface area contributed by atoms with Crippen molar-refractivity contribution in [2.24, 2.45) is 5.73 Å². The molecule has 4 nitrogen and oxygen atoms in total. The highest BCUT2D eigenvalue weighted by Gasteiger charge is 2.20. The smallest absolute Gasteiger partial charge is 0.307 e. The lowest BCUT2D eigenvalue weighted by Gasteiger charge is -2.17. The van der Waals surface area contributed by atoms with Crippen molar-refractivity contribution in [3.05, 3.63) is 52.8 Å². The summed E-state index contributed by atoms with van der Waals surface area (Å²) in [4.78, 5) is 11.6. The molecule has 2 aromatic rings. The molecule has 0 unspecified atom stereocenters. The standard InChI is InChI=1S/C19H22FNO3.ClH/c1-4-24-17(23)10-15(21)14-9-13(8-12(3)19(14)20)18-11(2)6-5-7-16(18)22;/h5-9,15,22H,4,10,21H2,1-3H3;1H/t15-;/m0./s1. The molecule has 0 aliphatic carbocycles. The summed E-state index contributed by atoms with van der Waals surface area (Å²) in [7, 11) is 0. The minimum atomic E-state index is -0.811. The first-order valence-corrected chi connectivity index (χ1v) is 7.85. The molecular formula is C19H23ClFNO3. The number of phenolic OH excluding ortho intramolecular Hbond substituents is 1. The zero-order valence-corrected chi connectivity index (χ0v) is 15.3. The van der Waals surface area contributed by atoms with E-state index in [0.29, 0.717) is 16.7 Å². The van der Waals surface area contributed by atoms with Crippen molar-refractivity contribution in [3.63, 3.8) is 0 Å². The molecule has 0 saturated heterocycles. The molecule has 3 N–H and O–H groups in total. The number of hydrogen-bond acceptors (Lipinski definition) is 4. The van der Waals surface area contributed by atoms with Crippen LogP contribution in [-0.4, -0.2) is 17.7 Å². The third-order valence-electron chi connectivity index (χ3n) is 3.91. The number of hydrogen-bond donors (Lipinski definition) is 2. The van der Waals surface area contributed by atoms with Gasteiger partial charge in [0, 0.05) is 17.2 Å². The molecule has 0 spiro atoms. The van der Waals surface area contributed by atoms with Crippen molar-refractivity contribution in [1.29, 1.82) is 0 Å². The molecule has 2 aromatic carbocycles. The Morgan fingerprint density at radius 2 is 1.96 bits per heavy atom. The number of esters is 1. The number of carbonyl (C=O) groups excluding carboxylic acids is 1. The number of aromatic hydroxyl groups is 1. The SMILES string of the molecule is CCOC(=O)C[C@H](N)c1cc(-c2c(C)cccc2O)cc(C)c1F.Cl. The van der Waals surface area contributed by atoms with Crippen LogP contribution in [0.5, 0.6) is 5.75 Å². The largest absolute Gasteiger partial charge is 0.507 e. The minimum Gasteiger partial charge on any atom is -0.507 e. The molecule has 0 fully saturated rings. The summed E-state index contributed by atoms with van der Waals surface area (Å²) in [6, 6.07) is 7.64. The van der Waals surface area contributed by atoms with E-state index in [-0.39, 0.29) is 36.7 Å². The minimum absolute atomic E-state index is 0. The summed E-state index contributed by atoms with van der Waals surface area (Å²) in [6.45, 7) is 5.46. The van der Waals surface area contributed by atoms with Gasteiger partial charge in [0.1, 0.15) is 11.6 Å². The lowest BCUT2D eigenvalue weighted by Crippen LogP contribution is -2.19. The van der Waals surface area contributed by atoms with E-state index in [4.69, 9.17) is 10.5 Å². The summed E-state index contributed by atoms with van der Waals surface area (Å²) in [5.41, 5.74) is 8.82. The van der Waals surface area contributed by atoms with Crippen molar-refractivity contribution < 1.29 is 19.0 Å². The van der Waals surface area contributed by atoms with Gasteiger partial charge in [0.05, 0.1) is 13.0 Å². The van der Waals surface area contributed by atoms with Gasteiger partial charge < -0.3 is 15.6 Å². The first kappa shape index (κ1) is 20.9. The molecule has 0 bridgehead atoms. The van der Waals surface area contributed by atoms with E-state index >= 15 is 0 Å². The maximum Gasteiger partial charge on any atom is 0.307 e. The zero-order chi connectivity index (χ0) is 17.9. The number of benzene rings is 2. The van der Waals surface area contributed by atoms with Gasteiger partial charge in [0.15, 0.2) is 0 Å². The van der Waals surface area contributed by atoms with E-state index in [1.807, 2.05) is 13.0 Å². The van der Waals surface area contributed by atoms with Crippen molar-refractivity contribution in [2.75, 3.05) is 6.61 Å². The molecule has 0 radical (unpaired) electrons. The Bertz CT molecular complexity index is 744. The fraction of sp³-hybridized carbons (Fsp3) is 0.316. The molecule has 0 aliphatic heterocycles. The second-order valence-corrected chi connectivity index (χ2v) is 5.78. The highest BCUT2D eigenvalue weighted by atomic mass is 35.5. The van der Waals surface area contributed by atoms with Crippen LogP contribution in [0.4, 0.5) is 4.39 Å². The maximum atomic E-state index is 14.5. The quantitative estimate of drug-likeness (QED) is 0.777. The Balaban J connectivity index is 0.00000312. The van der Waals surface area contributed by atoms with E-state index < -0.39 is 17.8 Å². The summed E-state index contributed by atoms with van der Waals surface area (Å²) >= 11 is 0. The molecule has 136 valence electrons. The number of nitrogens with two attached hydrogens (primary N) is 1. The summed E-state index contributed by atoms with van der Waals surface area (Å²) in [5.74, 6) is -0.791. The normalized spacial score (nSPS) is 11.6. The summed E-state index contributed by atoms with van der Waals surface area (Å²) in [6.07, 6.45) is -0.104. The second-order valence-electron chi connectivity index (χ2n) is 5.78. The third kappa shape index (κ3) is 4.71. The molecule has 0 saturated carbocycles. The van der Waals surface area contributed by atoms with Gasteiger partial charge in [-0.25, -0.2) is 4.39 Å². The van der Waals surface area contributed by atoms with Gasteiger partial charge in [0.2, 0.25) is 0 Å². The number of phenols is 1. The second kappa shape index (κ2) is 8.83. The monoisotopic (exact) mass is 367 g/mol. The fourth-order valence-electron chi connectivity index (χ4n) is 2.75. The first-order valence-electron chi connectivity index (χ1n) is 7.85. The molecular weight excluding hydrogens is 345 g/mol. The molecule has 25 heavy (non-hydrogen) atoms. The maximum absolute atomic E-state index is 14.5. The Kier molecular flexibility index (Phi) is 7.39. The number of halogens is 2. The van der Waals surface area contributed by atoms with Crippen molar-refractivity contribution >= 4 is 18.4 Å². The summed E-state index contributed by atoms with van der Waals surface area (Å²) in [5, 5.41) is 10.2. The zero-order valence-electron chi connectivity index (χ0n) is 14.5. The van der Waals surface area contributed by atoms with Crippen molar-refractivity contribution in [3.8, 4) is 16.9 Å². The average Bonchev–Trinajstić information content (AvgIpc) is 2.50. The molecule has 6 heteroatoms. The van der Waals surface area contributed by atoms with Crippen molar-refractivity contribution in [2.45, 2.75) is 33.2 Å². The Hall–Kier alpha value is -2.11. The van der Waals surface area contributed by atoms with E-state index in [1.165, 1.54) is 0 Å². The van der Waals surface area contributed by atoms with E-state index in [2.05, 4.69) is 0 Å². The predicted molar refractivity (Wildman–Crippen MR) is 98.4 cm³/mol. The lowest BCUT2D eigenvalue weighted by molar-refractivity contribution is -0.143. The number of carbonyl (C=O) groups is 1. The van der Waals surface area contributed by atoms with E-state index in [9.17, 15) is 14.3 Å². The lowest BCUT2D eigenvalue weighted by atomic mass is 9.92. The average molecular weight is 368 g/mol. The molecule has 0 aliphatic rings. The van der Waals surface area contributed by atoms with Crippen LogP contribution in [0.15, 0.2) is 30.3 Å². The highest BCUT2D eigenvalue weighted by Crippen LogP contribution is 2.35. The van der Waals surface area contributed by atoms with Gasteiger partial charge in [-0.05, 0) is 55.7 Å². The van der Waals surface area contributed by atoms with Crippen LogP contribution in [0.25, 0.3) is 11.1 Å². The van der Waals surface area contributed by atoms with Crippen LogP contribution in [0.1, 0.15) is 36.1 Å². The molecule has 2 rings (SSSR count). The van der Waals surface area contributed by atoms with Gasteiger partial charge >= 0.3 is 5.97 Å². The van der Waals surface area contributed by atoms with Gasteiger partial charge in [0.25, 0.3) is 0 Å².